The molecular formula is C29H34ClNO4. The first-order valence-electron chi connectivity index (χ1n) is 12.3. The summed E-state index contributed by atoms with van der Waals surface area (Å²) in [5.41, 5.74) is 3.46. The van der Waals surface area contributed by atoms with Crippen LogP contribution in [0.15, 0.2) is 72.8 Å². The molecule has 186 valence electrons. The molecule has 4 atom stereocenters. The summed E-state index contributed by atoms with van der Waals surface area (Å²) in [6, 6.07) is 23.0. The molecule has 0 aliphatic carbocycles. The van der Waals surface area contributed by atoms with Gasteiger partial charge in [0.05, 0.1) is 24.9 Å². The topological polar surface area (TPSA) is 73.2 Å². The van der Waals surface area contributed by atoms with Crippen LogP contribution in [0.5, 0.6) is 5.75 Å². The zero-order valence-electron chi connectivity index (χ0n) is 20.1. The van der Waals surface area contributed by atoms with Crippen molar-refractivity contribution in [2.24, 2.45) is 0 Å². The lowest BCUT2D eigenvalue weighted by Crippen LogP contribution is -2.44. The van der Waals surface area contributed by atoms with Crippen molar-refractivity contribution in [1.29, 1.82) is 0 Å². The van der Waals surface area contributed by atoms with E-state index in [0.29, 0.717) is 29.2 Å². The summed E-state index contributed by atoms with van der Waals surface area (Å²) in [6.07, 6.45) is 2.01. The van der Waals surface area contributed by atoms with E-state index in [0.717, 1.165) is 24.8 Å². The Morgan fingerprint density at radius 3 is 2.46 bits per heavy atom. The lowest BCUT2D eigenvalue weighted by atomic mass is 9.98. The second kappa shape index (κ2) is 12.0. The van der Waals surface area contributed by atoms with Gasteiger partial charge in [0.1, 0.15) is 5.75 Å². The van der Waals surface area contributed by atoms with Gasteiger partial charge in [0, 0.05) is 24.2 Å². The van der Waals surface area contributed by atoms with Gasteiger partial charge in [-0.3, -0.25) is 4.90 Å². The van der Waals surface area contributed by atoms with Crippen molar-refractivity contribution in [1.82, 2.24) is 4.90 Å². The minimum absolute atomic E-state index is 0.0351. The number of aliphatic hydroxyl groups excluding tert-OH is 2. The smallest absolute Gasteiger partial charge is 0.115 e. The standard InChI is InChI=1S/C29H34ClNO4/c1-2-26(29-15-14-28(35-29)21-8-10-23(30)11-9-21)31(17-20-6-4-3-5-7-20)18-27(34)25-13-12-24(33)16-22(25)19-32/h3-13,16,26-29,32-34H,2,14-15,17-19H2,1H3. The predicted octanol–water partition coefficient (Wildman–Crippen LogP) is 5.77. The fraction of sp³-hybridized carbons (Fsp3) is 0.379. The molecule has 1 aliphatic heterocycles. The third kappa shape index (κ3) is 6.43. The highest BCUT2D eigenvalue weighted by Crippen LogP contribution is 2.37. The molecule has 0 radical (unpaired) electrons. The number of benzene rings is 3. The zero-order valence-corrected chi connectivity index (χ0v) is 20.8. The number of hydrogen-bond acceptors (Lipinski definition) is 5. The first-order chi connectivity index (χ1) is 17.0. The fourth-order valence-corrected chi connectivity index (χ4v) is 5.26. The van der Waals surface area contributed by atoms with Crippen molar-refractivity contribution in [2.75, 3.05) is 6.54 Å². The van der Waals surface area contributed by atoms with Gasteiger partial charge >= 0.3 is 0 Å². The second-order valence-electron chi connectivity index (χ2n) is 9.24. The molecule has 0 bridgehead atoms. The second-order valence-corrected chi connectivity index (χ2v) is 9.68. The van der Waals surface area contributed by atoms with E-state index in [1.165, 1.54) is 11.6 Å². The summed E-state index contributed by atoms with van der Waals surface area (Å²) in [4.78, 5) is 2.29. The number of nitrogens with zero attached hydrogens (tertiary/aromatic N) is 1. The molecule has 0 spiro atoms. The highest BCUT2D eigenvalue weighted by molar-refractivity contribution is 6.30. The van der Waals surface area contributed by atoms with Crippen molar-refractivity contribution >= 4 is 11.6 Å². The van der Waals surface area contributed by atoms with Crippen LogP contribution in [-0.2, 0) is 17.9 Å². The minimum Gasteiger partial charge on any atom is -0.508 e. The van der Waals surface area contributed by atoms with Crippen molar-refractivity contribution in [3.63, 3.8) is 0 Å². The van der Waals surface area contributed by atoms with E-state index >= 15 is 0 Å². The van der Waals surface area contributed by atoms with Crippen LogP contribution in [0.3, 0.4) is 0 Å². The maximum absolute atomic E-state index is 11.2. The molecule has 1 heterocycles. The Bertz CT molecular complexity index is 1080. The van der Waals surface area contributed by atoms with E-state index in [9.17, 15) is 15.3 Å². The average Bonchev–Trinajstić information content (AvgIpc) is 3.35. The minimum atomic E-state index is -0.816. The molecule has 35 heavy (non-hydrogen) atoms. The predicted molar refractivity (Wildman–Crippen MR) is 138 cm³/mol. The van der Waals surface area contributed by atoms with Crippen LogP contribution < -0.4 is 0 Å². The molecule has 3 N–H and O–H groups in total. The summed E-state index contributed by atoms with van der Waals surface area (Å²) < 4.78 is 6.57. The van der Waals surface area contributed by atoms with Gasteiger partial charge in [0.25, 0.3) is 0 Å². The molecule has 5 nitrogen and oxygen atoms in total. The molecule has 1 saturated heterocycles. The van der Waals surface area contributed by atoms with E-state index in [1.54, 1.807) is 12.1 Å². The number of hydrogen-bond donors (Lipinski definition) is 3. The fourth-order valence-electron chi connectivity index (χ4n) is 5.13. The van der Waals surface area contributed by atoms with Gasteiger partial charge in [0.2, 0.25) is 0 Å². The highest BCUT2D eigenvalue weighted by Gasteiger charge is 2.35. The van der Waals surface area contributed by atoms with Crippen LogP contribution in [-0.4, -0.2) is 38.9 Å². The third-order valence-corrected chi connectivity index (χ3v) is 7.15. The van der Waals surface area contributed by atoms with Gasteiger partial charge < -0.3 is 20.1 Å². The van der Waals surface area contributed by atoms with Crippen LogP contribution in [0.2, 0.25) is 5.02 Å². The largest absolute Gasteiger partial charge is 0.508 e. The van der Waals surface area contributed by atoms with E-state index < -0.39 is 6.10 Å². The van der Waals surface area contributed by atoms with Crippen LogP contribution in [0.25, 0.3) is 0 Å². The first kappa shape index (κ1) is 25.7. The quantitative estimate of drug-likeness (QED) is 0.333. The van der Waals surface area contributed by atoms with Gasteiger partial charge in [-0.25, -0.2) is 0 Å². The molecule has 0 aromatic heterocycles. The Labute approximate surface area is 212 Å². The molecule has 3 aromatic rings. The molecule has 0 saturated carbocycles. The third-order valence-electron chi connectivity index (χ3n) is 6.90. The highest BCUT2D eigenvalue weighted by atomic mass is 35.5. The van der Waals surface area contributed by atoms with Crippen LogP contribution in [0.1, 0.15) is 60.6 Å². The van der Waals surface area contributed by atoms with Gasteiger partial charge in [-0.2, -0.15) is 0 Å². The normalized spacial score (nSPS) is 19.7. The number of aliphatic hydroxyl groups is 2. The van der Waals surface area contributed by atoms with Crippen molar-refractivity contribution in [3.8, 4) is 5.75 Å². The molecule has 4 unspecified atom stereocenters. The Morgan fingerprint density at radius 1 is 1.03 bits per heavy atom. The molecule has 4 rings (SSSR count). The Kier molecular flexibility index (Phi) is 8.82. The molecular weight excluding hydrogens is 462 g/mol. The Morgan fingerprint density at radius 2 is 1.77 bits per heavy atom. The van der Waals surface area contributed by atoms with Crippen LogP contribution >= 0.6 is 11.6 Å². The number of aromatic hydroxyl groups is 1. The summed E-state index contributed by atoms with van der Waals surface area (Å²) in [6.45, 7) is 2.98. The number of phenolic OH excluding ortho intramolecular Hbond substituents is 1. The summed E-state index contributed by atoms with van der Waals surface area (Å²) >= 11 is 6.07. The van der Waals surface area contributed by atoms with Crippen LogP contribution in [0, 0.1) is 0 Å². The summed E-state index contributed by atoms with van der Waals surface area (Å²) in [5, 5.41) is 31.5. The van der Waals surface area contributed by atoms with Gasteiger partial charge in [-0.05, 0) is 65.8 Å². The summed E-state index contributed by atoms with van der Waals surface area (Å²) in [7, 11) is 0. The SMILES string of the molecule is CCC(C1CCC(c2ccc(Cl)cc2)O1)N(Cc1ccccc1)CC(O)c1ccc(O)cc1CO. The van der Waals surface area contributed by atoms with E-state index in [2.05, 4.69) is 24.0 Å². The van der Waals surface area contributed by atoms with Crippen molar-refractivity contribution in [3.05, 3.63) is 100 Å². The van der Waals surface area contributed by atoms with Crippen LogP contribution in [0.4, 0.5) is 0 Å². The van der Waals surface area contributed by atoms with Crippen molar-refractivity contribution in [2.45, 2.75) is 63.7 Å². The number of phenols is 1. The van der Waals surface area contributed by atoms with Gasteiger partial charge in [0.15, 0.2) is 0 Å². The molecule has 1 aliphatic rings. The average molecular weight is 496 g/mol. The van der Waals surface area contributed by atoms with E-state index in [-0.39, 0.29) is 30.6 Å². The molecule has 0 amide bonds. The Hall–Kier alpha value is -2.41. The molecule has 3 aromatic carbocycles. The first-order valence-corrected chi connectivity index (χ1v) is 12.7. The number of ether oxygens (including phenoxy) is 1. The zero-order chi connectivity index (χ0) is 24.8. The molecule has 6 heteroatoms. The maximum Gasteiger partial charge on any atom is 0.115 e. The number of halogens is 1. The van der Waals surface area contributed by atoms with Crippen molar-refractivity contribution < 1.29 is 20.1 Å². The monoisotopic (exact) mass is 495 g/mol. The van der Waals surface area contributed by atoms with E-state index in [4.69, 9.17) is 16.3 Å². The van der Waals surface area contributed by atoms with Gasteiger partial charge in [-0.1, -0.05) is 67.1 Å². The maximum atomic E-state index is 11.2. The van der Waals surface area contributed by atoms with Gasteiger partial charge in [-0.15, -0.1) is 0 Å². The lowest BCUT2D eigenvalue weighted by molar-refractivity contribution is -0.0305. The Balaban J connectivity index is 1.55. The summed E-state index contributed by atoms with van der Waals surface area (Å²) in [5.74, 6) is 0.0742. The lowest BCUT2D eigenvalue weighted by Gasteiger charge is -2.36. The van der Waals surface area contributed by atoms with E-state index in [1.807, 2.05) is 42.5 Å². The number of rotatable bonds is 10. The molecule has 1 fully saturated rings.